The molecule has 0 heterocycles. The lowest BCUT2D eigenvalue weighted by molar-refractivity contribution is -0.140. The van der Waals surface area contributed by atoms with Crippen LogP contribution >= 0.6 is 0 Å². The molecule has 1 rings (SSSR count). The van der Waals surface area contributed by atoms with Gasteiger partial charge in [0.15, 0.2) is 0 Å². The van der Waals surface area contributed by atoms with Crippen molar-refractivity contribution < 1.29 is 9.59 Å². The maximum Gasteiger partial charge on any atom is 0.241 e. The first kappa shape index (κ1) is 16.2. The Morgan fingerprint density at radius 1 is 1.00 bits per heavy atom. The van der Waals surface area contributed by atoms with Gasteiger partial charge in [-0.3, -0.25) is 9.59 Å². The van der Waals surface area contributed by atoms with E-state index in [-0.39, 0.29) is 17.4 Å². The van der Waals surface area contributed by atoms with E-state index in [0.717, 1.165) is 5.69 Å². The van der Waals surface area contributed by atoms with E-state index in [0.29, 0.717) is 0 Å². The molecule has 0 fully saturated rings. The van der Waals surface area contributed by atoms with E-state index in [2.05, 4.69) is 5.32 Å². The Kier molecular flexibility index (Phi) is 4.58. The number of benzene rings is 1. The number of para-hydroxylation sites is 1. The number of nitrogens with zero attached hydrogens (tertiary/aromatic N) is 1. The highest BCUT2D eigenvalue weighted by atomic mass is 16.2. The van der Waals surface area contributed by atoms with E-state index in [4.69, 9.17) is 0 Å². The molecule has 1 aromatic carbocycles. The van der Waals surface area contributed by atoms with Crippen molar-refractivity contribution in [1.82, 2.24) is 5.32 Å². The molecule has 0 aliphatic heterocycles. The normalized spacial score (nSPS) is 11.9. The van der Waals surface area contributed by atoms with Crippen LogP contribution in [-0.2, 0) is 9.59 Å². The minimum atomic E-state index is -1.11. The van der Waals surface area contributed by atoms with Crippen LogP contribution in [0, 0.1) is 5.41 Å². The number of anilines is 1. The highest BCUT2D eigenvalue weighted by molar-refractivity contribution is 6.10. The van der Waals surface area contributed by atoms with Gasteiger partial charge in [-0.05, 0) is 46.8 Å². The van der Waals surface area contributed by atoms with Gasteiger partial charge >= 0.3 is 0 Å². The van der Waals surface area contributed by atoms with Crippen molar-refractivity contribution in [3.8, 4) is 0 Å². The Balaban J connectivity index is 2.92. The number of hydrogen-bond donors (Lipinski definition) is 1. The summed E-state index contributed by atoms with van der Waals surface area (Å²) < 4.78 is 0. The molecule has 0 saturated carbocycles. The Hall–Kier alpha value is -1.84. The predicted molar refractivity (Wildman–Crippen MR) is 81.5 cm³/mol. The smallest absolute Gasteiger partial charge is 0.241 e. The van der Waals surface area contributed by atoms with E-state index in [1.807, 2.05) is 51.1 Å². The summed E-state index contributed by atoms with van der Waals surface area (Å²) in [6.45, 7) is 8.98. The van der Waals surface area contributed by atoms with Gasteiger partial charge in [0.2, 0.25) is 11.8 Å². The van der Waals surface area contributed by atoms with Crippen molar-refractivity contribution in [2.24, 2.45) is 5.41 Å². The second-order valence-corrected chi connectivity index (χ2v) is 6.53. The zero-order chi connectivity index (χ0) is 15.6. The van der Waals surface area contributed by atoms with E-state index < -0.39 is 5.41 Å². The second kappa shape index (κ2) is 5.65. The molecule has 4 nitrogen and oxygen atoms in total. The lowest BCUT2D eigenvalue weighted by atomic mass is 9.89. The number of rotatable bonds is 3. The van der Waals surface area contributed by atoms with Gasteiger partial charge in [-0.25, -0.2) is 0 Å². The van der Waals surface area contributed by atoms with Gasteiger partial charge in [-0.1, -0.05) is 18.2 Å². The van der Waals surface area contributed by atoms with Gasteiger partial charge < -0.3 is 10.2 Å². The molecule has 1 aromatic rings. The highest BCUT2D eigenvalue weighted by Gasteiger charge is 2.39. The summed E-state index contributed by atoms with van der Waals surface area (Å²) >= 11 is 0. The molecule has 0 radical (unpaired) electrons. The van der Waals surface area contributed by atoms with Gasteiger partial charge in [-0.15, -0.1) is 0 Å². The zero-order valence-electron chi connectivity index (χ0n) is 13.2. The van der Waals surface area contributed by atoms with Crippen LogP contribution in [0.1, 0.15) is 34.6 Å². The predicted octanol–water partition coefficient (Wildman–Crippen LogP) is 2.59. The topological polar surface area (TPSA) is 49.4 Å². The number of amides is 2. The van der Waals surface area contributed by atoms with Crippen LogP contribution in [-0.4, -0.2) is 24.4 Å². The summed E-state index contributed by atoms with van der Waals surface area (Å²) in [5, 5.41) is 2.86. The zero-order valence-corrected chi connectivity index (χ0v) is 13.2. The average Bonchev–Trinajstić information content (AvgIpc) is 2.36. The van der Waals surface area contributed by atoms with Gasteiger partial charge in [0, 0.05) is 18.3 Å². The molecule has 2 amide bonds. The molecule has 20 heavy (non-hydrogen) atoms. The molecule has 0 spiro atoms. The maximum absolute atomic E-state index is 12.6. The first-order chi connectivity index (χ1) is 9.05. The fourth-order valence-electron chi connectivity index (χ4n) is 1.78. The van der Waals surface area contributed by atoms with Crippen LogP contribution in [0.25, 0.3) is 0 Å². The third kappa shape index (κ3) is 3.83. The van der Waals surface area contributed by atoms with Crippen LogP contribution < -0.4 is 10.2 Å². The van der Waals surface area contributed by atoms with E-state index in [1.165, 1.54) is 4.90 Å². The van der Waals surface area contributed by atoms with Crippen molar-refractivity contribution in [1.29, 1.82) is 0 Å². The van der Waals surface area contributed by atoms with Crippen LogP contribution in [0.5, 0.6) is 0 Å². The Labute approximate surface area is 121 Å². The van der Waals surface area contributed by atoms with E-state index >= 15 is 0 Å². The molecule has 110 valence electrons. The van der Waals surface area contributed by atoms with Crippen molar-refractivity contribution >= 4 is 17.5 Å². The molecule has 0 aliphatic rings. The lowest BCUT2D eigenvalue weighted by Crippen LogP contribution is -2.53. The van der Waals surface area contributed by atoms with Crippen molar-refractivity contribution in [2.45, 2.75) is 40.2 Å². The molecule has 4 heteroatoms. The van der Waals surface area contributed by atoms with Crippen molar-refractivity contribution in [3.63, 3.8) is 0 Å². The Bertz CT molecular complexity index is 487. The van der Waals surface area contributed by atoms with Crippen LogP contribution in [0.4, 0.5) is 5.69 Å². The largest absolute Gasteiger partial charge is 0.351 e. The summed E-state index contributed by atoms with van der Waals surface area (Å²) in [4.78, 5) is 26.4. The highest BCUT2D eigenvalue weighted by Crippen LogP contribution is 2.23. The van der Waals surface area contributed by atoms with E-state index in [1.54, 1.807) is 20.9 Å². The summed E-state index contributed by atoms with van der Waals surface area (Å²) in [7, 11) is 1.68. The summed E-state index contributed by atoms with van der Waals surface area (Å²) in [6, 6.07) is 9.30. The summed E-state index contributed by atoms with van der Waals surface area (Å²) in [6.07, 6.45) is 0. The van der Waals surface area contributed by atoms with Crippen molar-refractivity contribution in [3.05, 3.63) is 30.3 Å². The summed E-state index contributed by atoms with van der Waals surface area (Å²) in [5.41, 5.74) is -0.702. The SMILES string of the molecule is CN(C(=O)C(C)(C)C(=O)NC(C)(C)C)c1ccccc1. The Morgan fingerprint density at radius 2 is 1.50 bits per heavy atom. The summed E-state index contributed by atoms with van der Waals surface area (Å²) in [5.74, 6) is -0.497. The molecule has 0 atom stereocenters. The van der Waals surface area contributed by atoms with Gasteiger partial charge in [0.1, 0.15) is 5.41 Å². The third-order valence-electron chi connectivity index (χ3n) is 3.04. The first-order valence-electron chi connectivity index (χ1n) is 6.71. The average molecular weight is 276 g/mol. The lowest BCUT2D eigenvalue weighted by Gasteiger charge is -2.31. The molecule has 0 unspecified atom stereocenters. The quantitative estimate of drug-likeness (QED) is 0.863. The van der Waals surface area contributed by atoms with Crippen LogP contribution in [0.3, 0.4) is 0 Å². The minimum absolute atomic E-state index is 0.231. The fourth-order valence-corrected chi connectivity index (χ4v) is 1.78. The maximum atomic E-state index is 12.6. The Morgan fingerprint density at radius 3 is 1.95 bits per heavy atom. The van der Waals surface area contributed by atoms with Gasteiger partial charge in [0.05, 0.1) is 0 Å². The van der Waals surface area contributed by atoms with Gasteiger partial charge in [0.25, 0.3) is 0 Å². The van der Waals surface area contributed by atoms with Crippen molar-refractivity contribution in [2.75, 3.05) is 11.9 Å². The van der Waals surface area contributed by atoms with Crippen LogP contribution in [0.15, 0.2) is 30.3 Å². The minimum Gasteiger partial charge on any atom is -0.351 e. The second-order valence-electron chi connectivity index (χ2n) is 6.53. The molecular formula is C16H24N2O2. The molecule has 0 bridgehead atoms. The molecule has 0 aromatic heterocycles. The molecule has 1 N–H and O–H groups in total. The number of carbonyl (C=O) groups is 2. The third-order valence-corrected chi connectivity index (χ3v) is 3.04. The molecule has 0 aliphatic carbocycles. The number of nitrogens with one attached hydrogen (secondary N) is 1. The molecular weight excluding hydrogens is 252 g/mol. The fraction of sp³-hybridized carbons (Fsp3) is 0.500. The van der Waals surface area contributed by atoms with E-state index in [9.17, 15) is 9.59 Å². The molecule has 0 saturated heterocycles. The standard InChI is InChI=1S/C16H24N2O2/c1-15(2,3)17-13(19)16(4,5)14(20)18(6)12-10-8-7-9-11-12/h7-11H,1-6H3,(H,17,19). The number of carbonyl (C=O) groups excluding carboxylic acids is 2. The monoisotopic (exact) mass is 276 g/mol. The van der Waals surface area contributed by atoms with Gasteiger partial charge in [-0.2, -0.15) is 0 Å². The first-order valence-corrected chi connectivity index (χ1v) is 6.71. The number of hydrogen-bond acceptors (Lipinski definition) is 2. The van der Waals surface area contributed by atoms with Crippen LogP contribution in [0.2, 0.25) is 0 Å².